The molecule has 0 aliphatic heterocycles. The molecule has 0 aliphatic carbocycles. The van der Waals surface area contributed by atoms with Crippen LogP contribution in [0.4, 0.5) is 0 Å². The second kappa shape index (κ2) is 6.02. The van der Waals surface area contributed by atoms with E-state index >= 15 is 0 Å². The van der Waals surface area contributed by atoms with Crippen LogP contribution >= 0.6 is 0 Å². The maximum atomic E-state index is 11.1. The number of carbonyl (C=O) groups is 2. The predicted octanol–water partition coefficient (Wildman–Crippen LogP) is 2.87. The minimum Gasteiger partial charge on any atom is -0.478 e. The van der Waals surface area contributed by atoms with Gasteiger partial charge < -0.3 is 10.2 Å². The Kier molecular flexibility index (Phi) is 4.15. The monoisotopic (exact) mass is 270 g/mol. The molecule has 0 radical (unpaired) electrons. The molecular weight excluding hydrogens is 256 g/mol. The Hall–Kier alpha value is -2.62. The summed E-state index contributed by atoms with van der Waals surface area (Å²) in [6.45, 7) is 0. The van der Waals surface area contributed by atoms with Crippen LogP contribution in [0, 0.1) is 0 Å². The topological polar surface area (TPSA) is 74.6 Å². The minimum absolute atomic E-state index is 0.164. The summed E-state index contributed by atoms with van der Waals surface area (Å²) in [7, 11) is 0. The van der Waals surface area contributed by atoms with Gasteiger partial charge in [0.05, 0.1) is 11.1 Å². The lowest BCUT2D eigenvalue weighted by Gasteiger charge is -2.06. The van der Waals surface area contributed by atoms with Gasteiger partial charge in [-0.2, -0.15) is 0 Å². The highest BCUT2D eigenvalue weighted by atomic mass is 16.4. The zero-order valence-corrected chi connectivity index (χ0v) is 10.7. The fourth-order valence-electron chi connectivity index (χ4n) is 2.04. The molecule has 0 spiro atoms. The van der Waals surface area contributed by atoms with Crippen molar-refractivity contribution in [3.8, 4) is 0 Å². The summed E-state index contributed by atoms with van der Waals surface area (Å²) in [6.07, 6.45) is 1.45. The number of carboxylic acid groups (broad SMARTS) is 2. The molecule has 0 aliphatic rings. The minimum atomic E-state index is -1.22. The fraction of sp³-hybridized carbons (Fsp3) is 0.125. The standard InChI is InChI=1S/C16H14O4/c17-15(18)13-9-8-12(10-14(13)16(19)20)7-6-11-4-2-1-3-5-11/h1-5,8-10H,6-7H2,(H,17,18)(H,19,20). The van der Waals surface area contributed by atoms with Gasteiger partial charge in [0, 0.05) is 0 Å². The van der Waals surface area contributed by atoms with Crippen LogP contribution in [0.2, 0.25) is 0 Å². The highest BCUT2D eigenvalue weighted by molar-refractivity contribution is 6.01. The van der Waals surface area contributed by atoms with E-state index in [-0.39, 0.29) is 11.1 Å². The number of benzene rings is 2. The maximum Gasteiger partial charge on any atom is 0.336 e. The van der Waals surface area contributed by atoms with Gasteiger partial charge in [0.25, 0.3) is 0 Å². The second-order valence-electron chi connectivity index (χ2n) is 4.48. The van der Waals surface area contributed by atoms with Gasteiger partial charge in [0.15, 0.2) is 0 Å². The number of carboxylic acids is 2. The number of rotatable bonds is 5. The molecule has 0 aromatic heterocycles. The van der Waals surface area contributed by atoms with Gasteiger partial charge >= 0.3 is 11.9 Å². The van der Waals surface area contributed by atoms with Gasteiger partial charge in [-0.15, -0.1) is 0 Å². The highest BCUT2D eigenvalue weighted by Gasteiger charge is 2.16. The summed E-state index contributed by atoms with van der Waals surface area (Å²) in [5.41, 5.74) is 1.63. The molecule has 0 bridgehead atoms. The lowest BCUT2D eigenvalue weighted by atomic mass is 9.99. The van der Waals surface area contributed by atoms with Gasteiger partial charge in [-0.1, -0.05) is 36.4 Å². The molecule has 2 N–H and O–H groups in total. The largest absolute Gasteiger partial charge is 0.478 e. The molecule has 4 heteroatoms. The molecule has 2 aromatic rings. The Morgan fingerprint density at radius 1 is 0.750 bits per heavy atom. The average Bonchev–Trinajstić information content (AvgIpc) is 2.45. The average molecular weight is 270 g/mol. The van der Waals surface area contributed by atoms with Crippen LogP contribution in [0.15, 0.2) is 48.5 Å². The van der Waals surface area contributed by atoms with E-state index in [0.29, 0.717) is 6.42 Å². The summed E-state index contributed by atoms with van der Waals surface area (Å²) in [5, 5.41) is 18.0. The van der Waals surface area contributed by atoms with Crippen molar-refractivity contribution in [2.75, 3.05) is 0 Å². The van der Waals surface area contributed by atoms with Crippen LogP contribution in [-0.4, -0.2) is 22.2 Å². The van der Waals surface area contributed by atoms with E-state index in [1.165, 1.54) is 12.1 Å². The number of hydrogen-bond acceptors (Lipinski definition) is 2. The summed E-state index contributed by atoms with van der Waals surface area (Å²) in [4.78, 5) is 22.0. The third-order valence-electron chi connectivity index (χ3n) is 3.09. The Morgan fingerprint density at radius 2 is 1.35 bits per heavy atom. The van der Waals surface area contributed by atoms with Crippen LogP contribution in [0.25, 0.3) is 0 Å². The van der Waals surface area contributed by atoms with E-state index in [0.717, 1.165) is 17.5 Å². The van der Waals surface area contributed by atoms with E-state index in [4.69, 9.17) is 10.2 Å². The van der Waals surface area contributed by atoms with Crippen LogP contribution in [0.1, 0.15) is 31.8 Å². The quantitative estimate of drug-likeness (QED) is 0.876. The zero-order chi connectivity index (χ0) is 14.5. The molecule has 4 nitrogen and oxygen atoms in total. The molecule has 2 rings (SSSR count). The van der Waals surface area contributed by atoms with E-state index in [1.54, 1.807) is 6.07 Å². The summed E-state index contributed by atoms with van der Waals surface area (Å²) < 4.78 is 0. The third kappa shape index (κ3) is 3.23. The number of aromatic carboxylic acids is 2. The SMILES string of the molecule is O=C(O)c1ccc(CCc2ccccc2)cc1C(=O)O. The Labute approximate surface area is 116 Å². The molecule has 0 saturated heterocycles. The molecule has 0 heterocycles. The first-order valence-corrected chi connectivity index (χ1v) is 6.21. The van der Waals surface area contributed by atoms with Crippen molar-refractivity contribution in [2.24, 2.45) is 0 Å². The van der Waals surface area contributed by atoms with Crippen molar-refractivity contribution in [1.82, 2.24) is 0 Å². The van der Waals surface area contributed by atoms with Gasteiger partial charge in [-0.05, 0) is 36.1 Å². The van der Waals surface area contributed by atoms with E-state index in [1.807, 2.05) is 30.3 Å². The highest BCUT2D eigenvalue weighted by Crippen LogP contribution is 2.15. The molecule has 0 unspecified atom stereocenters. The van der Waals surface area contributed by atoms with Crippen molar-refractivity contribution in [3.05, 3.63) is 70.8 Å². The lowest BCUT2D eigenvalue weighted by molar-refractivity contribution is 0.0651. The van der Waals surface area contributed by atoms with Crippen LogP contribution in [0.3, 0.4) is 0 Å². The first-order chi connectivity index (χ1) is 9.58. The molecule has 0 fully saturated rings. The number of hydrogen-bond donors (Lipinski definition) is 2. The summed E-state index contributed by atoms with van der Waals surface area (Å²) in [6, 6.07) is 14.3. The predicted molar refractivity (Wildman–Crippen MR) is 74.2 cm³/mol. The first kappa shape index (κ1) is 13.8. The van der Waals surface area contributed by atoms with Crippen molar-refractivity contribution < 1.29 is 19.8 Å². The molecular formula is C16H14O4. The third-order valence-corrected chi connectivity index (χ3v) is 3.09. The maximum absolute atomic E-state index is 11.1. The van der Waals surface area contributed by atoms with Gasteiger partial charge in [0.1, 0.15) is 0 Å². The molecule has 102 valence electrons. The van der Waals surface area contributed by atoms with Gasteiger partial charge in [-0.3, -0.25) is 0 Å². The Morgan fingerprint density at radius 3 is 1.95 bits per heavy atom. The smallest absolute Gasteiger partial charge is 0.336 e. The lowest BCUT2D eigenvalue weighted by Crippen LogP contribution is -2.08. The van der Waals surface area contributed by atoms with Crippen molar-refractivity contribution in [1.29, 1.82) is 0 Å². The summed E-state index contributed by atoms with van der Waals surface area (Å²) >= 11 is 0. The Balaban J connectivity index is 2.19. The first-order valence-electron chi connectivity index (χ1n) is 6.21. The van der Waals surface area contributed by atoms with E-state index in [2.05, 4.69) is 0 Å². The van der Waals surface area contributed by atoms with Crippen LogP contribution in [-0.2, 0) is 12.8 Å². The van der Waals surface area contributed by atoms with Crippen molar-refractivity contribution in [2.45, 2.75) is 12.8 Å². The molecule has 20 heavy (non-hydrogen) atoms. The van der Waals surface area contributed by atoms with Gasteiger partial charge in [-0.25, -0.2) is 9.59 Å². The van der Waals surface area contributed by atoms with Crippen molar-refractivity contribution in [3.63, 3.8) is 0 Å². The van der Waals surface area contributed by atoms with Gasteiger partial charge in [0.2, 0.25) is 0 Å². The molecule has 0 saturated carbocycles. The van der Waals surface area contributed by atoms with Crippen molar-refractivity contribution >= 4 is 11.9 Å². The normalized spacial score (nSPS) is 10.2. The van der Waals surface area contributed by atoms with E-state index < -0.39 is 11.9 Å². The summed E-state index contributed by atoms with van der Waals surface area (Å²) in [5.74, 6) is -2.44. The second-order valence-corrected chi connectivity index (χ2v) is 4.48. The van der Waals surface area contributed by atoms with Crippen LogP contribution < -0.4 is 0 Å². The van der Waals surface area contributed by atoms with E-state index in [9.17, 15) is 9.59 Å². The zero-order valence-electron chi connectivity index (χ0n) is 10.7. The molecule has 0 atom stereocenters. The molecule has 0 amide bonds. The Bertz CT molecular complexity index is 632. The number of aryl methyl sites for hydroxylation is 2. The van der Waals surface area contributed by atoms with Crippen LogP contribution in [0.5, 0.6) is 0 Å². The molecule has 2 aromatic carbocycles. The fourth-order valence-corrected chi connectivity index (χ4v) is 2.04.